The molecule has 108 valence electrons. The molecule has 5 nitrogen and oxygen atoms in total. The largest absolute Gasteiger partial charge is 0.493 e. The van der Waals surface area contributed by atoms with Crippen molar-refractivity contribution in [2.24, 2.45) is 0 Å². The average Bonchev–Trinajstić information content (AvgIpc) is 2.97. The third kappa shape index (κ3) is 3.52. The summed E-state index contributed by atoms with van der Waals surface area (Å²) in [5.74, 6) is 1.44. The van der Waals surface area contributed by atoms with Crippen LogP contribution in [0.2, 0.25) is 0 Å². The van der Waals surface area contributed by atoms with Crippen molar-refractivity contribution in [2.75, 3.05) is 20.8 Å². The Morgan fingerprint density at radius 2 is 2.15 bits per heavy atom. The molecule has 0 unspecified atom stereocenters. The van der Waals surface area contributed by atoms with Crippen LogP contribution < -0.4 is 14.8 Å². The van der Waals surface area contributed by atoms with E-state index in [0.29, 0.717) is 0 Å². The number of benzene rings is 1. The van der Waals surface area contributed by atoms with Gasteiger partial charge in [-0.1, -0.05) is 6.07 Å². The highest BCUT2D eigenvalue weighted by atomic mass is 79.9. The Hall–Kier alpha value is -1.53. The quantitative estimate of drug-likeness (QED) is 0.787. The smallest absolute Gasteiger partial charge is 0.175 e. The Morgan fingerprint density at radius 3 is 2.80 bits per heavy atom. The molecule has 0 radical (unpaired) electrons. The number of nitrogens with zero attached hydrogens (tertiary/aromatic N) is 2. The van der Waals surface area contributed by atoms with Gasteiger partial charge in [0, 0.05) is 25.5 Å². The van der Waals surface area contributed by atoms with Gasteiger partial charge in [0.1, 0.15) is 0 Å². The van der Waals surface area contributed by atoms with Gasteiger partial charge in [-0.25, -0.2) is 0 Å². The second kappa shape index (κ2) is 7.31. The Labute approximate surface area is 127 Å². The minimum Gasteiger partial charge on any atom is -0.493 e. The van der Waals surface area contributed by atoms with Gasteiger partial charge in [-0.15, -0.1) is 0 Å². The van der Waals surface area contributed by atoms with E-state index in [1.807, 2.05) is 29.1 Å². The van der Waals surface area contributed by atoms with Gasteiger partial charge in [0.25, 0.3) is 0 Å². The fourth-order valence-electron chi connectivity index (χ4n) is 1.92. The van der Waals surface area contributed by atoms with E-state index in [1.54, 1.807) is 20.4 Å². The molecule has 6 heteroatoms. The van der Waals surface area contributed by atoms with E-state index in [1.165, 1.54) is 0 Å². The van der Waals surface area contributed by atoms with Gasteiger partial charge in [-0.3, -0.25) is 4.68 Å². The van der Waals surface area contributed by atoms with Crippen LogP contribution in [0.15, 0.2) is 35.1 Å². The molecule has 1 aromatic carbocycles. The van der Waals surface area contributed by atoms with Crippen molar-refractivity contribution >= 4 is 15.9 Å². The number of halogens is 1. The van der Waals surface area contributed by atoms with Gasteiger partial charge in [0.15, 0.2) is 11.5 Å². The summed E-state index contributed by atoms with van der Waals surface area (Å²) < 4.78 is 13.4. The predicted molar refractivity (Wildman–Crippen MR) is 81.2 cm³/mol. The lowest BCUT2D eigenvalue weighted by molar-refractivity contribution is 0.352. The maximum Gasteiger partial charge on any atom is 0.175 e. The molecule has 0 saturated heterocycles. The number of methoxy groups -OCH3 is 2. The van der Waals surface area contributed by atoms with Crippen molar-refractivity contribution in [3.05, 3.63) is 40.6 Å². The molecule has 2 aromatic rings. The summed E-state index contributed by atoms with van der Waals surface area (Å²) in [6, 6.07) is 5.85. The highest BCUT2D eigenvalue weighted by molar-refractivity contribution is 9.10. The third-order valence-corrected chi connectivity index (χ3v) is 3.83. The maximum absolute atomic E-state index is 5.36. The first-order valence-electron chi connectivity index (χ1n) is 6.33. The highest BCUT2D eigenvalue weighted by Gasteiger charge is 2.12. The Kier molecular flexibility index (Phi) is 5.43. The molecular weight excluding hydrogens is 322 g/mol. The van der Waals surface area contributed by atoms with Gasteiger partial charge in [0.2, 0.25) is 0 Å². The van der Waals surface area contributed by atoms with Crippen molar-refractivity contribution in [3.63, 3.8) is 0 Å². The Balaban J connectivity index is 1.92. The first-order chi connectivity index (χ1) is 9.76. The fraction of sp³-hybridized carbons (Fsp3) is 0.357. The number of hydrogen-bond acceptors (Lipinski definition) is 4. The second-order valence-electron chi connectivity index (χ2n) is 4.22. The molecule has 0 fully saturated rings. The third-order valence-electron chi connectivity index (χ3n) is 2.96. The SMILES string of the molecule is COc1ccc(CNCCn2cccn2)c(Br)c1OC. The number of hydrogen-bond donors (Lipinski definition) is 1. The second-order valence-corrected chi connectivity index (χ2v) is 5.01. The molecule has 1 N–H and O–H groups in total. The number of rotatable bonds is 7. The first kappa shape index (κ1) is 14.9. The van der Waals surface area contributed by atoms with Gasteiger partial charge in [0.05, 0.1) is 25.2 Å². The predicted octanol–water partition coefficient (Wildman–Crippen LogP) is 2.45. The van der Waals surface area contributed by atoms with Crippen LogP contribution in [-0.2, 0) is 13.1 Å². The Morgan fingerprint density at radius 1 is 1.30 bits per heavy atom. The zero-order valence-corrected chi connectivity index (χ0v) is 13.2. The molecule has 0 aliphatic carbocycles. The lowest BCUT2D eigenvalue weighted by atomic mass is 10.2. The molecule has 1 aromatic heterocycles. The van der Waals surface area contributed by atoms with Crippen molar-refractivity contribution in [3.8, 4) is 11.5 Å². The van der Waals surface area contributed by atoms with Crippen LogP contribution >= 0.6 is 15.9 Å². The molecule has 2 rings (SSSR count). The Bertz CT molecular complexity index is 544. The van der Waals surface area contributed by atoms with E-state index in [-0.39, 0.29) is 0 Å². The van der Waals surface area contributed by atoms with Crippen molar-refractivity contribution in [1.82, 2.24) is 15.1 Å². The molecule has 0 spiro atoms. The summed E-state index contributed by atoms with van der Waals surface area (Å²) in [5, 5.41) is 7.54. The number of aromatic nitrogens is 2. The molecule has 0 atom stereocenters. The lowest BCUT2D eigenvalue weighted by Gasteiger charge is -2.13. The van der Waals surface area contributed by atoms with Crippen LogP contribution in [0.5, 0.6) is 11.5 Å². The summed E-state index contributed by atoms with van der Waals surface area (Å²) >= 11 is 3.56. The monoisotopic (exact) mass is 339 g/mol. The summed E-state index contributed by atoms with van der Waals surface area (Å²) in [5.41, 5.74) is 1.13. The summed E-state index contributed by atoms with van der Waals surface area (Å²) in [6.07, 6.45) is 3.74. The normalized spacial score (nSPS) is 10.6. The van der Waals surface area contributed by atoms with Crippen LogP contribution in [0.1, 0.15) is 5.56 Å². The van der Waals surface area contributed by atoms with E-state index in [9.17, 15) is 0 Å². The van der Waals surface area contributed by atoms with E-state index in [4.69, 9.17) is 9.47 Å². The van der Waals surface area contributed by atoms with Crippen molar-refractivity contribution < 1.29 is 9.47 Å². The zero-order valence-electron chi connectivity index (χ0n) is 11.6. The van der Waals surface area contributed by atoms with Crippen molar-refractivity contribution in [2.45, 2.75) is 13.1 Å². The molecule has 1 heterocycles. The first-order valence-corrected chi connectivity index (χ1v) is 7.13. The maximum atomic E-state index is 5.36. The van der Waals surface area contributed by atoms with Gasteiger partial charge in [-0.05, 0) is 33.6 Å². The van der Waals surface area contributed by atoms with Gasteiger partial charge >= 0.3 is 0 Å². The average molecular weight is 340 g/mol. The van der Waals surface area contributed by atoms with E-state index in [0.717, 1.165) is 41.2 Å². The van der Waals surface area contributed by atoms with E-state index < -0.39 is 0 Å². The molecule has 20 heavy (non-hydrogen) atoms. The topological polar surface area (TPSA) is 48.3 Å². The molecule has 0 saturated carbocycles. The highest BCUT2D eigenvalue weighted by Crippen LogP contribution is 2.37. The minimum atomic E-state index is 0.721. The molecule has 0 bridgehead atoms. The van der Waals surface area contributed by atoms with Gasteiger partial charge < -0.3 is 14.8 Å². The molecule has 0 aliphatic heterocycles. The number of nitrogens with one attached hydrogen (secondary N) is 1. The summed E-state index contributed by atoms with van der Waals surface area (Å²) in [6.45, 7) is 2.45. The van der Waals surface area contributed by atoms with Crippen LogP contribution in [-0.4, -0.2) is 30.5 Å². The van der Waals surface area contributed by atoms with Crippen LogP contribution in [0.3, 0.4) is 0 Å². The van der Waals surface area contributed by atoms with Crippen LogP contribution in [0.25, 0.3) is 0 Å². The standard InChI is InChI=1S/C14H18BrN3O2/c1-19-12-5-4-11(13(15)14(12)20-2)10-16-7-9-18-8-3-6-17-18/h3-6,8,16H,7,9-10H2,1-2H3. The van der Waals surface area contributed by atoms with E-state index in [2.05, 4.69) is 26.3 Å². The summed E-state index contributed by atoms with van der Waals surface area (Å²) in [7, 11) is 3.27. The van der Waals surface area contributed by atoms with Gasteiger partial charge in [-0.2, -0.15) is 5.10 Å². The summed E-state index contributed by atoms with van der Waals surface area (Å²) in [4.78, 5) is 0. The van der Waals surface area contributed by atoms with Crippen LogP contribution in [0, 0.1) is 0 Å². The molecule has 0 amide bonds. The number of ether oxygens (including phenoxy) is 2. The lowest BCUT2D eigenvalue weighted by Crippen LogP contribution is -2.20. The fourth-order valence-corrected chi connectivity index (χ4v) is 2.55. The molecular formula is C14H18BrN3O2. The van der Waals surface area contributed by atoms with Crippen LogP contribution in [0.4, 0.5) is 0 Å². The van der Waals surface area contributed by atoms with Crippen molar-refractivity contribution in [1.29, 1.82) is 0 Å². The zero-order chi connectivity index (χ0) is 14.4. The minimum absolute atomic E-state index is 0.721. The molecule has 0 aliphatic rings. The van der Waals surface area contributed by atoms with E-state index >= 15 is 0 Å².